The predicted molar refractivity (Wildman–Crippen MR) is 100.0 cm³/mol. The highest BCUT2D eigenvalue weighted by Crippen LogP contribution is 2.37. The number of hydrogen-bond acceptors (Lipinski definition) is 1. The minimum Gasteiger partial charge on any atom is -0.411 e. The second kappa shape index (κ2) is 7.76. The molecular weight excluding hydrogens is 375 g/mol. The van der Waals surface area contributed by atoms with Crippen LogP contribution in [0.4, 0.5) is 0 Å². The molecule has 3 heteroatoms. The van der Waals surface area contributed by atoms with Gasteiger partial charge in [-0.25, -0.2) is 0 Å². The molecule has 0 aliphatic carbocycles. The van der Waals surface area contributed by atoms with Crippen LogP contribution in [0.1, 0.15) is 32.8 Å². The van der Waals surface area contributed by atoms with Crippen molar-refractivity contribution >= 4 is 30.9 Å². The van der Waals surface area contributed by atoms with E-state index >= 15 is 0 Å². The molecule has 0 heterocycles. The highest BCUT2D eigenvalue weighted by molar-refractivity contribution is 14.1. The van der Waals surface area contributed by atoms with E-state index < -0.39 is 8.32 Å². The third-order valence-electron chi connectivity index (χ3n) is 4.10. The van der Waals surface area contributed by atoms with Gasteiger partial charge in [-0.2, -0.15) is 0 Å². The molecule has 0 aromatic heterocycles. The van der Waals surface area contributed by atoms with Crippen LogP contribution in [0.5, 0.6) is 0 Å². The molecule has 0 fully saturated rings. The van der Waals surface area contributed by atoms with E-state index in [0.717, 1.165) is 12.8 Å². The molecule has 0 bridgehead atoms. The third-order valence-corrected chi connectivity index (χ3v) is 9.02. The number of rotatable bonds is 6. The van der Waals surface area contributed by atoms with Crippen LogP contribution in [0.25, 0.3) is 0 Å². The predicted octanol–water partition coefficient (Wildman–Crippen LogP) is 5.96. The molecule has 0 saturated carbocycles. The van der Waals surface area contributed by atoms with Crippen molar-refractivity contribution in [1.29, 1.82) is 0 Å². The lowest BCUT2D eigenvalue weighted by molar-refractivity contribution is 0.215. The van der Waals surface area contributed by atoms with Gasteiger partial charge in [0.1, 0.15) is 0 Å². The Hall–Kier alpha value is -0.133. The minimum atomic E-state index is -1.70. The van der Waals surface area contributed by atoms with Gasteiger partial charge in [-0.15, -0.1) is 0 Å². The molecule has 112 valence electrons. The van der Waals surface area contributed by atoms with Gasteiger partial charge in [0.05, 0.1) is 6.10 Å². The molecule has 0 saturated heterocycles. The van der Waals surface area contributed by atoms with E-state index in [1.54, 1.807) is 0 Å². The highest BCUT2D eigenvalue weighted by atomic mass is 127. The summed E-state index contributed by atoms with van der Waals surface area (Å²) < 4.78 is 8.60. The smallest absolute Gasteiger partial charge is 0.192 e. The van der Waals surface area contributed by atoms with Crippen molar-refractivity contribution in [3.63, 3.8) is 0 Å². The summed E-state index contributed by atoms with van der Waals surface area (Å²) in [6, 6.07) is 10.7. The molecule has 0 N–H and O–H groups in total. The van der Waals surface area contributed by atoms with Crippen molar-refractivity contribution in [3.8, 4) is 0 Å². The lowest BCUT2D eigenvalue weighted by Crippen LogP contribution is -2.43. The normalized spacial score (nSPS) is 14.7. The zero-order valence-corrected chi connectivity index (χ0v) is 16.5. The maximum atomic E-state index is 6.51. The van der Waals surface area contributed by atoms with Crippen molar-refractivity contribution in [2.75, 3.05) is 0 Å². The van der Waals surface area contributed by atoms with E-state index in [1.807, 2.05) is 0 Å². The summed E-state index contributed by atoms with van der Waals surface area (Å²) in [7, 11) is -1.70. The SMILES string of the molecule is CC(C)(C)[Si](C)(C)O[C@H](C=CI)CCc1ccccc1. The molecule has 0 unspecified atom stereocenters. The first kappa shape index (κ1) is 17.9. The first-order chi connectivity index (χ1) is 9.26. The van der Waals surface area contributed by atoms with Crippen LogP contribution in [0.2, 0.25) is 18.1 Å². The molecule has 1 nitrogen and oxygen atoms in total. The van der Waals surface area contributed by atoms with Crippen LogP contribution in [0.3, 0.4) is 0 Å². The average molecular weight is 402 g/mol. The molecule has 1 aromatic rings. The molecule has 1 aromatic carbocycles. The van der Waals surface area contributed by atoms with Crippen LogP contribution >= 0.6 is 22.6 Å². The lowest BCUT2D eigenvalue weighted by Gasteiger charge is -2.38. The summed E-state index contributed by atoms with van der Waals surface area (Å²) in [5.41, 5.74) is 1.39. The fourth-order valence-electron chi connectivity index (χ4n) is 1.78. The number of aryl methyl sites for hydroxylation is 1. The third kappa shape index (κ3) is 5.70. The van der Waals surface area contributed by atoms with E-state index in [0.29, 0.717) is 0 Å². The van der Waals surface area contributed by atoms with Gasteiger partial charge in [0.2, 0.25) is 0 Å². The Labute approximate surface area is 139 Å². The highest BCUT2D eigenvalue weighted by Gasteiger charge is 2.38. The van der Waals surface area contributed by atoms with E-state index in [-0.39, 0.29) is 11.1 Å². The molecular formula is C17H27IOSi. The second-order valence-corrected chi connectivity index (χ2v) is 12.2. The standard InChI is InChI=1S/C17H27IOSi/c1-17(2,3)20(4,5)19-16(13-14-18)12-11-15-9-7-6-8-10-15/h6-10,13-14,16H,11-12H2,1-5H3/t16-/m0/s1. The number of benzene rings is 1. The quantitative estimate of drug-likeness (QED) is 0.422. The maximum Gasteiger partial charge on any atom is 0.192 e. The van der Waals surface area contributed by atoms with Gasteiger partial charge in [-0.05, 0) is 40.6 Å². The van der Waals surface area contributed by atoms with Crippen molar-refractivity contribution in [2.24, 2.45) is 0 Å². The minimum absolute atomic E-state index is 0.230. The number of hydrogen-bond donors (Lipinski definition) is 0. The van der Waals surface area contributed by atoms with E-state index in [9.17, 15) is 0 Å². The summed E-state index contributed by atoms with van der Waals surface area (Å²) in [4.78, 5) is 0. The summed E-state index contributed by atoms with van der Waals surface area (Å²) in [6.07, 6.45) is 4.55. The van der Waals surface area contributed by atoms with E-state index in [1.165, 1.54) is 5.56 Å². The fraction of sp³-hybridized carbons (Fsp3) is 0.529. The number of halogens is 1. The maximum absolute atomic E-state index is 6.51. The van der Waals surface area contributed by atoms with Crippen LogP contribution in [0, 0.1) is 0 Å². The second-order valence-electron chi connectivity index (χ2n) is 6.76. The fourth-order valence-corrected chi connectivity index (χ4v) is 3.55. The molecule has 0 aliphatic heterocycles. The van der Waals surface area contributed by atoms with Gasteiger partial charge in [0, 0.05) is 0 Å². The Bertz CT molecular complexity index is 420. The van der Waals surface area contributed by atoms with E-state index in [2.05, 4.69) is 96.9 Å². The van der Waals surface area contributed by atoms with Gasteiger partial charge < -0.3 is 4.43 Å². The Balaban J connectivity index is 2.66. The Morgan fingerprint density at radius 1 is 1.20 bits per heavy atom. The van der Waals surface area contributed by atoms with Gasteiger partial charge in [-0.3, -0.25) is 0 Å². The zero-order chi connectivity index (χ0) is 15.2. The van der Waals surface area contributed by atoms with Crippen molar-refractivity contribution < 1.29 is 4.43 Å². The van der Waals surface area contributed by atoms with Gasteiger partial charge in [-0.1, -0.05) is 79.8 Å². The van der Waals surface area contributed by atoms with Crippen LogP contribution in [-0.2, 0) is 10.8 Å². The van der Waals surface area contributed by atoms with Gasteiger partial charge in [0.25, 0.3) is 0 Å². The Kier molecular flexibility index (Phi) is 6.95. The van der Waals surface area contributed by atoms with Crippen molar-refractivity contribution in [3.05, 3.63) is 46.1 Å². The topological polar surface area (TPSA) is 9.23 Å². The molecule has 20 heavy (non-hydrogen) atoms. The largest absolute Gasteiger partial charge is 0.411 e. The summed E-state index contributed by atoms with van der Waals surface area (Å²) in [5.74, 6) is 0. The molecule has 0 radical (unpaired) electrons. The molecule has 1 rings (SSSR count). The van der Waals surface area contributed by atoms with Crippen molar-refractivity contribution in [1.82, 2.24) is 0 Å². The molecule has 0 aliphatic rings. The van der Waals surface area contributed by atoms with Crippen LogP contribution in [0.15, 0.2) is 40.5 Å². The summed E-state index contributed by atoms with van der Waals surface area (Å²) in [6.45, 7) is 11.5. The van der Waals surface area contributed by atoms with Crippen molar-refractivity contribution in [2.45, 2.75) is 57.8 Å². The monoisotopic (exact) mass is 402 g/mol. The summed E-state index contributed by atoms with van der Waals surface area (Å²) in [5, 5.41) is 0.261. The van der Waals surface area contributed by atoms with Crippen LogP contribution in [-0.4, -0.2) is 14.4 Å². The van der Waals surface area contributed by atoms with Crippen LogP contribution < -0.4 is 0 Å². The zero-order valence-electron chi connectivity index (χ0n) is 13.3. The first-order valence-corrected chi connectivity index (χ1v) is 11.4. The summed E-state index contributed by atoms with van der Waals surface area (Å²) >= 11 is 2.28. The van der Waals surface area contributed by atoms with Gasteiger partial charge >= 0.3 is 0 Å². The van der Waals surface area contributed by atoms with Gasteiger partial charge in [0.15, 0.2) is 8.32 Å². The Morgan fingerprint density at radius 3 is 2.30 bits per heavy atom. The first-order valence-electron chi connectivity index (χ1n) is 7.25. The Morgan fingerprint density at radius 2 is 1.80 bits per heavy atom. The molecule has 0 amide bonds. The molecule has 1 atom stereocenters. The lowest BCUT2D eigenvalue weighted by atomic mass is 10.1. The van der Waals surface area contributed by atoms with E-state index in [4.69, 9.17) is 4.43 Å². The average Bonchev–Trinajstić information content (AvgIpc) is 2.36. The molecule has 0 spiro atoms.